The number of rotatable bonds is 3. The number of aliphatic hydroxyl groups excluding tert-OH is 1. The van der Waals surface area contributed by atoms with Gasteiger partial charge >= 0.3 is 0 Å². The molecule has 0 spiro atoms. The number of benzene rings is 1. The van der Waals surface area contributed by atoms with E-state index in [1.165, 1.54) is 6.07 Å². The van der Waals surface area contributed by atoms with Gasteiger partial charge in [-0.15, -0.1) is 0 Å². The lowest BCUT2D eigenvalue weighted by Gasteiger charge is -2.33. The molecular weight excluding hydrogens is 227 g/mol. The maximum Gasteiger partial charge on any atom is 0.129 e. The fraction of sp³-hybridized carbons (Fsp3) is 0.625. The summed E-state index contributed by atoms with van der Waals surface area (Å²) in [5, 5.41) is 10.3. The Bertz CT molecular complexity index is 380. The van der Waals surface area contributed by atoms with Crippen molar-refractivity contribution in [3.8, 4) is 0 Å². The predicted octanol–water partition coefficient (Wildman–Crippen LogP) is 4.32. The van der Waals surface area contributed by atoms with Gasteiger partial charge in [0, 0.05) is 5.56 Å². The van der Waals surface area contributed by atoms with E-state index in [4.69, 9.17) is 0 Å². The smallest absolute Gasteiger partial charge is 0.129 e. The van der Waals surface area contributed by atoms with Crippen molar-refractivity contribution in [2.24, 2.45) is 17.8 Å². The Morgan fingerprint density at radius 1 is 1.06 bits per heavy atom. The minimum absolute atomic E-state index is 0.219. The molecule has 2 heteroatoms. The molecule has 18 heavy (non-hydrogen) atoms. The van der Waals surface area contributed by atoms with E-state index in [0.717, 1.165) is 37.5 Å². The molecule has 1 atom stereocenters. The highest BCUT2D eigenvalue weighted by Crippen LogP contribution is 2.39. The minimum atomic E-state index is -0.640. The number of hydrogen-bond acceptors (Lipinski definition) is 1. The van der Waals surface area contributed by atoms with E-state index in [0.29, 0.717) is 5.56 Å². The highest BCUT2D eigenvalue weighted by atomic mass is 19.1. The molecule has 2 rings (SSSR count). The normalized spacial score (nSPS) is 26.3. The van der Waals surface area contributed by atoms with Crippen molar-refractivity contribution in [3.05, 3.63) is 35.6 Å². The van der Waals surface area contributed by atoms with Crippen LogP contribution in [0.4, 0.5) is 4.39 Å². The molecule has 0 aromatic heterocycles. The average Bonchev–Trinajstić information content (AvgIpc) is 2.38. The van der Waals surface area contributed by atoms with Gasteiger partial charge in [-0.2, -0.15) is 0 Å². The van der Waals surface area contributed by atoms with E-state index in [1.807, 2.05) is 0 Å². The predicted molar refractivity (Wildman–Crippen MR) is 71.6 cm³/mol. The SMILES string of the molecule is CC(C)C1CCC(C(O)c2ccccc2F)CC1. The molecule has 0 saturated heterocycles. The molecular formula is C16H23FO. The third kappa shape index (κ3) is 2.92. The zero-order valence-electron chi connectivity index (χ0n) is 11.3. The molecule has 1 aromatic carbocycles. The fourth-order valence-corrected chi connectivity index (χ4v) is 3.10. The van der Waals surface area contributed by atoms with Crippen molar-refractivity contribution >= 4 is 0 Å². The molecule has 1 aliphatic carbocycles. The molecule has 1 fully saturated rings. The Hall–Kier alpha value is -0.890. The van der Waals surface area contributed by atoms with Gasteiger partial charge in [-0.25, -0.2) is 4.39 Å². The van der Waals surface area contributed by atoms with E-state index in [1.54, 1.807) is 18.2 Å². The molecule has 0 aliphatic heterocycles. The molecule has 1 N–H and O–H groups in total. The number of hydrogen-bond donors (Lipinski definition) is 1. The summed E-state index contributed by atoms with van der Waals surface area (Å²) in [7, 11) is 0. The van der Waals surface area contributed by atoms with Crippen LogP contribution < -0.4 is 0 Å². The molecule has 1 saturated carbocycles. The summed E-state index contributed by atoms with van der Waals surface area (Å²) < 4.78 is 13.6. The van der Waals surface area contributed by atoms with E-state index in [9.17, 15) is 9.50 Å². The monoisotopic (exact) mass is 250 g/mol. The van der Waals surface area contributed by atoms with Crippen molar-refractivity contribution in [1.82, 2.24) is 0 Å². The molecule has 1 unspecified atom stereocenters. The van der Waals surface area contributed by atoms with Crippen LogP contribution in [-0.4, -0.2) is 5.11 Å². The zero-order chi connectivity index (χ0) is 13.1. The molecule has 0 amide bonds. The molecule has 0 bridgehead atoms. The Labute approximate surface area is 109 Å². The van der Waals surface area contributed by atoms with Gasteiger partial charge < -0.3 is 5.11 Å². The lowest BCUT2D eigenvalue weighted by atomic mass is 9.74. The van der Waals surface area contributed by atoms with Crippen molar-refractivity contribution < 1.29 is 9.50 Å². The second kappa shape index (κ2) is 5.83. The van der Waals surface area contributed by atoms with Crippen LogP contribution in [0.3, 0.4) is 0 Å². The third-order valence-corrected chi connectivity index (χ3v) is 4.43. The number of aliphatic hydroxyl groups is 1. The quantitative estimate of drug-likeness (QED) is 0.847. The summed E-state index contributed by atoms with van der Waals surface area (Å²) >= 11 is 0. The number of halogens is 1. The minimum Gasteiger partial charge on any atom is -0.388 e. The lowest BCUT2D eigenvalue weighted by molar-refractivity contribution is 0.0641. The second-order valence-corrected chi connectivity index (χ2v) is 5.89. The van der Waals surface area contributed by atoms with E-state index in [2.05, 4.69) is 13.8 Å². The first kappa shape index (κ1) is 13.5. The van der Waals surface area contributed by atoms with Crippen LogP contribution in [0.5, 0.6) is 0 Å². The van der Waals surface area contributed by atoms with Crippen LogP contribution in [0.1, 0.15) is 51.2 Å². The molecule has 0 radical (unpaired) electrons. The Morgan fingerprint density at radius 2 is 1.61 bits per heavy atom. The summed E-state index contributed by atoms with van der Waals surface area (Å²) in [5.74, 6) is 1.43. The van der Waals surface area contributed by atoms with E-state index < -0.39 is 6.10 Å². The summed E-state index contributed by atoms with van der Waals surface area (Å²) in [4.78, 5) is 0. The van der Waals surface area contributed by atoms with Crippen LogP contribution in [0, 0.1) is 23.6 Å². The summed E-state index contributed by atoms with van der Waals surface area (Å²) in [6.45, 7) is 4.52. The zero-order valence-corrected chi connectivity index (χ0v) is 11.3. The third-order valence-electron chi connectivity index (χ3n) is 4.43. The lowest BCUT2D eigenvalue weighted by Crippen LogP contribution is -2.23. The largest absolute Gasteiger partial charge is 0.388 e. The van der Waals surface area contributed by atoms with Crippen molar-refractivity contribution in [1.29, 1.82) is 0 Å². The van der Waals surface area contributed by atoms with Crippen LogP contribution in [0.25, 0.3) is 0 Å². The van der Waals surface area contributed by atoms with E-state index >= 15 is 0 Å². The van der Waals surface area contributed by atoms with Gasteiger partial charge in [-0.3, -0.25) is 0 Å². The molecule has 1 aromatic rings. The highest BCUT2D eigenvalue weighted by molar-refractivity contribution is 5.20. The highest BCUT2D eigenvalue weighted by Gasteiger charge is 2.29. The van der Waals surface area contributed by atoms with Crippen LogP contribution >= 0.6 is 0 Å². The van der Waals surface area contributed by atoms with Gasteiger partial charge in [-0.1, -0.05) is 32.0 Å². The van der Waals surface area contributed by atoms with Gasteiger partial charge in [0.2, 0.25) is 0 Å². The maximum absolute atomic E-state index is 13.6. The Kier molecular flexibility index (Phi) is 4.39. The van der Waals surface area contributed by atoms with Crippen molar-refractivity contribution in [2.45, 2.75) is 45.6 Å². The van der Waals surface area contributed by atoms with E-state index in [-0.39, 0.29) is 11.7 Å². The Balaban J connectivity index is 2.00. The van der Waals surface area contributed by atoms with Crippen LogP contribution in [0.2, 0.25) is 0 Å². The van der Waals surface area contributed by atoms with Gasteiger partial charge in [0.1, 0.15) is 5.82 Å². The molecule has 0 heterocycles. The standard InChI is InChI=1S/C16H23FO/c1-11(2)12-7-9-13(10-8-12)16(18)14-5-3-4-6-15(14)17/h3-6,11-13,16,18H,7-10H2,1-2H3. The van der Waals surface area contributed by atoms with Crippen LogP contribution in [-0.2, 0) is 0 Å². The Morgan fingerprint density at radius 3 is 2.17 bits per heavy atom. The topological polar surface area (TPSA) is 20.2 Å². The van der Waals surface area contributed by atoms with Gasteiger partial charge in [0.15, 0.2) is 0 Å². The second-order valence-electron chi connectivity index (χ2n) is 5.89. The molecule has 100 valence electrons. The van der Waals surface area contributed by atoms with Gasteiger partial charge in [0.25, 0.3) is 0 Å². The summed E-state index contributed by atoms with van der Waals surface area (Å²) in [5.41, 5.74) is 0.463. The molecule has 1 nitrogen and oxygen atoms in total. The molecule has 1 aliphatic rings. The van der Waals surface area contributed by atoms with Crippen LogP contribution in [0.15, 0.2) is 24.3 Å². The average molecular weight is 250 g/mol. The van der Waals surface area contributed by atoms with Crippen molar-refractivity contribution in [2.75, 3.05) is 0 Å². The van der Waals surface area contributed by atoms with Crippen molar-refractivity contribution in [3.63, 3.8) is 0 Å². The first-order valence-corrected chi connectivity index (χ1v) is 7.02. The van der Waals surface area contributed by atoms with Gasteiger partial charge in [0.05, 0.1) is 6.10 Å². The summed E-state index contributed by atoms with van der Waals surface area (Å²) in [6, 6.07) is 6.59. The first-order valence-electron chi connectivity index (χ1n) is 7.02. The van der Waals surface area contributed by atoms with Gasteiger partial charge in [-0.05, 0) is 49.5 Å². The fourth-order valence-electron chi connectivity index (χ4n) is 3.10. The maximum atomic E-state index is 13.6. The first-order chi connectivity index (χ1) is 8.59. The summed E-state index contributed by atoms with van der Waals surface area (Å²) in [6.07, 6.45) is 3.71.